The minimum absolute atomic E-state index is 0.0977. The van der Waals surface area contributed by atoms with Crippen molar-refractivity contribution in [2.24, 2.45) is 5.73 Å². The normalized spacial score (nSPS) is 11.9. The van der Waals surface area contributed by atoms with Crippen LogP contribution >= 0.6 is 0 Å². The van der Waals surface area contributed by atoms with Crippen molar-refractivity contribution in [2.45, 2.75) is 19.0 Å². The molecule has 0 spiro atoms. The third kappa shape index (κ3) is 3.86. The van der Waals surface area contributed by atoms with Gasteiger partial charge in [-0.15, -0.1) is 0 Å². The molecule has 1 aromatic heterocycles. The molecule has 0 fully saturated rings. The molecule has 0 aliphatic carbocycles. The predicted molar refractivity (Wildman–Crippen MR) is 76.6 cm³/mol. The van der Waals surface area contributed by atoms with Gasteiger partial charge in [-0.3, -0.25) is 14.8 Å². The monoisotopic (exact) mass is 270 g/mol. The van der Waals surface area contributed by atoms with Gasteiger partial charge in [-0.1, -0.05) is 30.3 Å². The number of nitrogens with zero attached hydrogens (tertiary/aromatic N) is 3. The van der Waals surface area contributed by atoms with E-state index in [9.17, 15) is 4.79 Å². The van der Waals surface area contributed by atoms with Crippen molar-refractivity contribution in [1.29, 1.82) is 0 Å². The Labute approximate surface area is 118 Å². The van der Waals surface area contributed by atoms with Gasteiger partial charge >= 0.3 is 0 Å². The maximum absolute atomic E-state index is 12.2. The molecular weight excluding hydrogens is 252 g/mol. The number of carbonyl (C=O) groups excluding carboxylic acids is 1. The second-order valence-electron chi connectivity index (χ2n) is 4.69. The van der Waals surface area contributed by atoms with Gasteiger partial charge < -0.3 is 10.6 Å². The summed E-state index contributed by atoms with van der Waals surface area (Å²) in [6, 6.07) is 9.22. The van der Waals surface area contributed by atoms with E-state index in [1.54, 1.807) is 30.5 Å². The molecule has 1 heterocycles. The smallest absolute Gasteiger partial charge is 0.239 e. The van der Waals surface area contributed by atoms with E-state index in [-0.39, 0.29) is 5.91 Å². The van der Waals surface area contributed by atoms with Crippen LogP contribution in [-0.4, -0.2) is 33.9 Å². The van der Waals surface area contributed by atoms with Crippen molar-refractivity contribution in [3.05, 3.63) is 60.2 Å². The summed E-state index contributed by atoms with van der Waals surface area (Å²) in [7, 11) is 1.72. The van der Waals surface area contributed by atoms with E-state index in [4.69, 9.17) is 5.73 Å². The van der Waals surface area contributed by atoms with Gasteiger partial charge in [0.05, 0.1) is 24.5 Å². The largest absolute Gasteiger partial charge is 0.338 e. The maximum atomic E-state index is 12.2. The summed E-state index contributed by atoms with van der Waals surface area (Å²) in [5.74, 6) is -0.0977. The molecular formula is C15H18N4O. The maximum Gasteiger partial charge on any atom is 0.239 e. The highest BCUT2D eigenvalue weighted by Crippen LogP contribution is 2.05. The first kappa shape index (κ1) is 14.1. The van der Waals surface area contributed by atoms with E-state index >= 15 is 0 Å². The third-order valence-electron chi connectivity index (χ3n) is 3.01. The molecule has 0 aliphatic heterocycles. The number of aromatic nitrogens is 2. The van der Waals surface area contributed by atoms with E-state index in [0.717, 1.165) is 11.3 Å². The highest BCUT2D eigenvalue weighted by Gasteiger charge is 2.18. The fourth-order valence-corrected chi connectivity index (χ4v) is 1.97. The first-order chi connectivity index (χ1) is 9.66. The average Bonchev–Trinajstić information content (AvgIpc) is 2.48. The second kappa shape index (κ2) is 6.77. The Kier molecular flexibility index (Phi) is 4.79. The topological polar surface area (TPSA) is 72.1 Å². The van der Waals surface area contributed by atoms with Crippen LogP contribution in [0, 0.1) is 0 Å². The first-order valence-corrected chi connectivity index (χ1v) is 6.46. The second-order valence-corrected chi connectivity index (χ2v) is 4.69. The fraction of sp³-hybridized carbons (Fsp3) is 0.267. The van der Waals surface area contributed by atoms with Crippen LogP contribution in [0.3, 0.4) is 0 Å². The van der Waals surface area contributed by atoms with Crippen LogP contribution < -0.4 is 5.73 Å². The van der Waals surface area contributed by atoms with Crippen LogP contribution in [0.2, 0.25) is 0 Å². The molecule has 1 atom stereocenters. The van der Waals surface area contributed by atoms with Crippen LogP contribution in [-0.2, 0) is 17.8 Å². The Morgan fingerprint density at radius 2 is 2.05 bits per heavy atom. The van der Waals surface area contributed by atoms with E-state index in [0.29, 0.717) is 13.0 Å². The van der Waals surface area contributed by atoms with Gasteiger partial charge in [0.25, 0.3) is 0 Å². The minimum atomic E-state index is -0.543. The molecule has 0 bridgehead atoms. The molecule has 0 aliphatic rings. The number of rotatable bonds is 5. The standard InChI is InChI=1S/C15H18N4O/c1-19(11-13-10-17-7-8-18-13)15(20)14(16)9-12-5-3-2-4-6-12/h2-8,10,14H,9,11,16H2,1H3. The van der Waals surface area contributed by atoms with Gasteiger partial charge in [0.15, 0.2) is 0 Å². The van der Waals surface area contributed by atoms with Crippen LogP contribution in [0.25, 0.3) is 0 Å². The van der Waals surface area contributed by atoms with E-state index in [1.165, 1.54) is 0 Å². The van der Waals surface area contributed by atoms with Gasteiger partial charge in [0.2, 0.25) is 5.91 Å². The highest BCUT2D eigenvalue weighted by atomic mass is 16.2. The summed E-state index contributed by atoms with van der Waals surface area (Å²) in [4.78, 5) is 21.9. The molecule has 1 aromatic carbocycles. The Balaban J connectivity index is 1.93. The van der Waals surface area contributed by atoms with Crippen molar-refractivity contribution in [3.63, 3.8) is 0 Å². The summed E-state index contributed by atoms with van der Waals surface area (Å²) in [6.07, 6.45) is 5.39. The van der Waals surface area contributed by atoms with Crippen LogP contribution in [0.4, 0.5) is 0 Å². The summed E-state index contributed by atoms with van der Waals surface area (Å²) in [5, 5.41) is 0. The number of carbonyl (C=O) groups is 1. The lowest BCUT2D eigenvalue weighted by molar-refractivity contribution is -0.131. The Hall–Kier alpha value is -2.27. The zero-order chi connectivity index (χ0) is 14.4. The molecule has 2 aromatic rings. The van der Waals surface area contributed by atoms with Crippen molar-refractivity contribution in [1.82, 2.24) is 14.9 Å². The van der Waals surface area contributed by atoms with E-state index < -0.39 is 6.04 Å². The Bertz CT molecular complexity index is 495. The highest BCUT2D eigenvalue weighted by molar-refractivity contribution is 5.81. The van der Waals surface area contributed by atoms with Gasteiger partial charge in [-0.2, -0.15) is 0 Å². The molecule has 5 nitrogen and oxygen atoms in total. The Morgan fingerprint density at radius 3 is 2.70 bits per heavy atom. The van der Waals surface area contributed by atoms with Gasteiger partial charge in [0.1, 0.15) is 0 Å². The SMILES string of the molecule is CN(Cc1cnccn1)C(=O)C(N)Cc1ccccc1. The molecule has 0 radical (unpaired) electrons. The zero-order valence-corrected chi connectivity index (χ0v) is 11.4. The van der Waals surface area contributed by atoms with Gasteiger partial charge in [-0.25, -0.2) is 0 Å². The van der Waals surface area contributed by atoms with Crippen molar-refractivity contribution >= 4 is 5.91 Å². The number of nitrogens with two attached hydrogens (primary N) is 1. The summed E-state index contributed by atoms with van der Waals surface area (Å²) >= 11 is 0. The van der Waals surface area contributed by atoms with Gasteiger partial charge in [0, 0.05) is 19.4 Å². The molecule has 20 heavy (non-hydrogen) atoms. The van der Waals surface area contributed by atoms with Crippen LogP contribution in [0.5, 0.6) is 0 Å². The van der Waals surface area contributed by atoms with E-state index in [1.807, 2.05) is 30.3 Å². The summed E-state index contributed by atoms with van der Waals surface area (Å²) in [6.45, 7) is 0.412. The van der Waals surface area contributed by atoms with Gasteiger partial charge in [-0.05, 0) is 12.0 Å². The minimum Gasteiger partial charge on any atom is -0.338 e. The fourth-order valence-electron chi connectivity index (χ4n) is 1.97. The third-order valence-corrected chi connectivity index (χ3v) is 3.01. The number of likely N-dealkylation sites (N-methyl/N-ethyl adjacent to an activating group) is 1. The van der Waals surface area contributed by atoms with Crippen molar-refractivity contribution < 1.29 is 4.79 Å². The molecule has 104 valence electrons. The van der Waals surface area contributed by atoms with Crippen molar-refractivity contribution in [2.75, 3.05) is 7.05 Å². The quantitative estimate of drug-likeness (QED) is 0.880. The molecule has 0 saturated heterocycles. The Morgan fingerprint density at radius 1 is 1.30 bits per heavy atom. The lowest BCUT2D eigenvalue weighted by Gasteiger charge is -2.20. The molecule has 1 unspecified atom stereocenters. The number of benzene rings is 1. The summed E-state index contributed by atoms with van der Waals surface area (Å²) in [5.41, 5.74) is 7.78. The summed E-state index contributed by atoms with van der Waals surface area (Å²) < 4.78 is 0. The van der Waals surface area contributed by atoms with Crippen molar-refractivity contribution in [3.8, 4) is 0 Å². The molecule has 2 rings (SSSR count). The zero-order valence-electron chi connectivity index (χ0n) is 11.4. The molecule has 5 heteroatoms. The van der Waals surface area contributed by atoms with Crippen LogP contribution in [0.15, 0.2) is 48.9 Å². The average molecular weight is 270 g/mol. The van der Waals surface area contributed by atoms with Crippen LogP contribution in [0.1, 0.15) is 11.3 Å². The first-order valence-electron chi connectivity index (χ1n) is 6.46. The number of amides is 1. The lowest BCUT2D eigenvalue weighted by atomic mass is 10.1. The van der Waals surface area contributed by atoms with E-state index in [2.05, 4.69) is 9.97 Å². The lowest BCUT2D eigenvalue weighted by Crippen LogP contribution is -2.42. The predicted octanol–water partition coefficient (Wildman–Crippen LogP) is 1.00. The molecule has 2 N–H and O–H groups in total. The number of hydrogen-bond acceptors (Lipinski definition) is 4. The molecule has 0 saturated carbocycles. The molecule has 1 amide bonds. The number of hydrogen-bond donors (Lipinski definition) is 1.